The van der Waals surface area contributed by atoms with Crippen LogP contribution in [0.15, 0.2) is 30.3 Å². The molecule has 2 N–H and O–H groups in total. The number of hydrogen-bond acceptors (Lipinski definition) is 6. The minimum Gasteiger partial charge on any atom is -0.314 e. The van der Waals surface area contributed by atoms with Gasteiger partial charge in [-0.15, -0.1) is 5.10 Å². The Kier molecular flexibility index (Phi) is 4.14. The largest absolute Gasteiger partial charge is 0.323 e. The van der Waals surface area contributed by atoms with Crippen molar-refractivity contribution in [1.82, 2.24) is 29.7 Å². The number of benzene rings is 1. The molecule has 2 aromatic heterocycles. The number of likely N-dealkylation sites (tertiary alicyclic amines) is 1. The van der Waals surface area contributed by atoms with Crippen molar-refractivity contribution >= 4 is 22.6 Å². The molecule has 2 amide bonds. The minimum absolute atomic E-state index is 0.106. The Morgan fingerprint density at radius 3 is 2.96 bits per heavy atom. The number of H-pyrrole nitrogens is 1. The van der Waals surface area contributed by atoms with E-state index in [2.05, 4.69) is 30.1 Å². The Hall–Kier alpha value is -2.81. The normalized spacial score (nSPS) is 17.0. The highest BCUT2D eigenvalue weighted by Gasteiger charge is 2.33. The quantitative estimate of drug-likeness (QED) is 0.752. The van der Waals surface area contributed by atoms with Crippen molar-refractivity contribution in [3.63, 3.8) is 0 Å². The highest BCUT2D eigenvalue weighted by molar-refractivity contribution is 7.10. The number of carbonyl (C=O) groups excluding carboxylic acids is 1. The van der Waals surface area contributed by atoms with Crippen LogP contribution in [-0.4, -0.2) is 42.2 Å². The van der Waals surface area contributed by atoms with E-state index in [1.54, 1.807) is 4.90 Å². The summed E-state index contributed by atoms with van der Waals surface area (Å²) in [6, 6.07) is 9.42. The molecule has 1 unspecified atom stereocenters. The number of urea groups is 1. The van der Waals surface area contributed by atoms with Crippen molar-refractivity contribution in [1.29, 1.82) is 0 Å². The minimum atomic E-state index is -0.173. The summed E-state index contributed by atoms with van der Waals surface area (Å²) in [5.74, 6) is 1.41. The lowest BCUT2D eigenvalue weighted by atomic mass is 10.2. The number of hydrogen-bond donors (Lipinski definition) is 2. The molecule has 0 radical (unpaired) electrons. The molecule has 0 spiro atoms. The Morgan fingerprint density at radius 1 is 1.36 bits per heavy atom. The van der Waals surface area contributed by atoms with E-state index in [0.29, 0.717) is 23.1 Å². The van der Waals surface area contributed by atoms with Gasteiger partial charge in [-0.05, 0) is 19.8 Å². The fourth-order valence-electron chi connectivity index (χ4n) is 3.01. The van der Waals surface area contributed by atoms with Gasteiger partial charge >= 0.3 is 6.03 Å². The lowest BCUT2D eigenvalue weighted by Crippen LogP contribution is -2.34. The zero-order valence-electron chi connectivity index (χ0n) is 13.6. The Balaban J connectivity index is 1.54. The van der Waals surface area contributed by atoms with Gasteiger partial charge in [0.1, 0.15) is 16.5 Å². The molecule has 8 nitrogen and oxygen atoms in total. The lowest BCUT2D eigenvalue weighted by Gasteiger charge is -2.22. The van der Waals surface area contributed by atoms with Gasteiger partial charge in [0.05, 0.1) is 6.04 Å². The predicted molar refractivity (Wildman–Crippen MR) is 94.2 cm³/mol. The van der Waals surface area contributed by atoms with Crippen LogP contribution < -0.4 is 5.32 Å². The standard InChI is InChI=1S/C16H17N7OS/c1-10-17-14(21-19-10)12-8-5-9-23(12)16(24)18-15-13(20-22-25-15)11-6-3-2-4-7-11/h2-4,6-7,12H,5,8-9H2,1H3,(H,18,24)(H,17,19,21). The van der Waals surface area contributed by atoms with E-state index in [9.17, 15) is 4.79 Å². The number of anilines is 1. The molecular formula is C16H17N7OS. The second-order valence-corrected chi connectivity index (χ2v) is 6.63. The summed E-state index contributed by atoms with van der Waals surface area (Å²) in [5, 5.41) is 14.8. The number of aromatic amines is 1. The number of rotatable bonds is 3. The topological polar surface area (TPSA) is 99.7 Å². The Labute approximate surface area is 148 Å². The summed E-state index contributed by atoms with van der Waals surface area (Å²) in [6.07, 6.45) is 1.79. The van der Waals surface area contributed by atoms with E-state index in [0.717, 1.165) is 24.2 Å². The molecule has 4 rings (SSSR count). The third-order valence-corrected chi connectivity index (χ3v) is 4.82. The summed E-state index contributed by atoms with van der Waals surface area (Å²) >= 11 is 1.18. The number of nitrogens with zero attached hydrogens (tertiary/aromatic N) is 5. The van der Waals surface area contributed by atoms with Crippen molar-refractivity contribution in [2.75, 3.05) is 11.9 Å². The molecular weight excluding hydrogens is 338 g/mol. The number of carbonyl (C=O) groups is 1. The van der Waals surface area contributed by atoms with Gasteiger partial charge in [0.25, 0.3) is 0 Å². The zero-order chi connectivity index (χ0) is 17.2. The van der Waals surface area contributed by atoms with Crippen LogP contribution in [0.1, 0.15) is 30.5 Å². The average Bonchev–Trinajstić information content (AvgIpc) is 3.35. The molecule has 1 atom stereocenters. The molecule has 1 aliphatic heterocycles. The Bertz CT molecular complexity index is 876. The fraction of sp³-hybridized carbons (Fsp3) is 0.312. The maximum atomic E-state index is 12.8. The van der Waals surface area contributed by atoms with E-state index < -0.39 is 0 Å². The molecule has 3 heterocycles. The first kappa shape index (κ1) is 15.7. The SMILES string of the molecule is Cc1nc(C2CCCN2C(=O)Nc2snnc2-c2ccccc2)n[nH]1. The predicted octanol–water partition coefficient (Wildman–Crippen LogP) is 3.00. The second kappa shape index (κ2) is 6.60. The summed E-state index contributed by atoms with van der Waals surface area (Å²) in [7, 11) is 0. The van der Waals surface area contributed by atoms with Crippen molar-refractivity contribution in [2.45, 2.75) is 25.8 Å². The van der Waals surface area contributed by atoms with Crippen LogP contribution in [0.25, 0.3) is 11.3 Å². The van der Waals surface area contributed by atoms with Gasteiger partial charge in [-0.1, -0.05) is 34.8 Å². The van der Waals surface area contributed by atoms with E-state index in [1.807, 2.05) is 37.3 Å². The molecule has 0 aliphatic carbocycles. The maximum absolute atomic E-state index is 12.8. The third-order valence-electron chi connectivity index (χ3n) is 4.18. The summed E-state index contributed by atoms with van der Waals surface area (Å²) in [5.41, 5.74) is 1.61. The molecule has 9 heteroatoms. The van der Waals surface area contributed by atoms with E-state index in [-0.39, 0.29) is 12.1 Å². The van der Waals surface area contributed by atoms with Crippen LogP contribution in [0.5, 0.6) is 0 Å². The molecule has 0 bridgehead atoms. The summed E-state index contributed by atoms with van der Waals surface area (Å²) < 4.78 is 3.99. The molecule has 1 fully saturated rings. The average molecular weight is 355 g/mol. The second-order valence-electron chi connectivity index (χ2n) is 5.88. The molecule has 3 aromatic rings. The summed E-state index contributed by atoms with van der Waals surface area (Å²) in [4.78, 5) is 18.9. The van der Waals surface area contributed by atoms with Crippen LogP contribution >= 0.6 is 11.5 Å². The first-order valence-electron chi connectivity index (χ1n) is 8.06. The molecule has 1 aromatic carbocycles. The van der Waals surface area contributed by atoms with Crippen molar-refractivity contribution < 1.29 is 4.79 Å². The number of aromatic nitrogens is 5. The van der Waals surface area contributed by atoms with Crippen LogP contribution in [0.3, 0.4) is 0 Å². The van der Waals surface area contributed by atoms with Gasteiger partial charge in [-0.3, -0.25) is 10.4 Å². The third kappa shape index (κ3) is 3.10. The molecule has 128 valence electrons. The smallest absolute Gasteiger partial charge is 0.314 e. The highest BCUT2D eigenvalue weighted by atomic mass is 32.1. The molecule has 0 saturated carbocycles. The first-order valence-corrected chi connectivity index (χ1v) is 8.84. The van der Waals surface area contributed by atoms with E-state index in [4.69, 9.17) is 0 Å². The van der Waals surface area contributed by atoms with E-state index >= 15 is 0 Å². The number of nitrogens with one attached hydrogen (secondary N) is 2. The number of amides is 2. The van der Waals surface area contributed by atoms with Gasteiger partial charge in [0.15, 0.2) is 5.82 Å². The molecule has 1 saturated heterocycles. The van der Waals surface area contributed by atoms with E-state index in [1.165, 1.54) is 11.5 Å². The van der Waals surface area contributed by atoms with Crippen LogP contribution in [0.4, 0.5) is 9.80 Å². The first-order chi connectivity index (χ1) is 12.2. The molecule has 1 aliphatic rings. The van der Waals surface area contributed by atoms with Crippen molar-refractivity contribution in [3.8, 4) is 11.3 Å². The zero-order valence-corrected chi connectivity index (χ0v) is 14.5. The molecule has 25 heavy (non-hydrogen) atoms. The van der Waals surface area contributed by atoms with Gasteiger partial charge in [-0.25, -0.2) is 9.78 Å². The van der Waals surface area contributed by atoms with Crippen LogP contribution in [-0.2, 0) is 0 Å². The number of aryl methyl sites for hydroxylation is 1. The van der Waals surface area contributed by atoms with Gasteiger partial charge < -0.3 is 4.90 Å². The van der Waals surface area contributed by atoms with Gasteiger partial charge in [-0.2, -0.15) is 5.10 Å². The van der Waals surface area contributed by atoms with Crippen LogP contribution in [0, 0.1) is 6.92 Å². The monoisotopic (exact) mass is 355 g/mol. The maximum Gasteiger partial charge on any atom is 0.323 e. The fourth-order valence-corrected chi connectivity index (χ4v) is 3.60. The van der Waals surface area contributed by atoms with Gasteiger partial charge in [0, 0.05) is 23.6 Å². The van der Waals surface area contributed by atoms with Crippen molar-refractivity contribution in [2.24, 2.45) is 0 Å². The van der Waals surface area contributed by atoms with Crippen LogP contribution in [0.2, 0.25) is 0 Å². The lowest BCUT2D eigenvalue weighted by molar-refractivity contribution is 0.205. The summed E-state index contributed by atoms with van der Waals surface area (Å²) in [6.45, 7) is 2.53. The Morgan fingerprint density at radius 2 is 2.20 bits per heavy atom. The highest BCUT2D eigenvalue weighted by Crippen LogP contribution is 2.33. The van der Waals surface area contributed by atoms with Gasteiger partial charge in [0.2, 0.25) is 0 Å². The van der Waals surface area contributed by atoms with Crippen molar-refractivity contribution in [3.05, 3.63) is 42.0 Å².